The maximum Gasteiger partial charge on any atom is 0.264 e. The summed E-state index contributed by atoms with van der Waals surface area (Å²) in [4.78, 5) is 0.535. The van der Waals surface area contributed by atoms with Gasteiger partial charge in [0, 0.05) is 0 Å². The molecule has 0 saturated heterocycles. The highest BCUT2D eigenvalue weighted by atomic mass is 79.9. The molecule has 2 aromatic carbocycles. The number of nitrogens with zero attached hydrogens (tertiary/aromatic N) is 2. The van der Waals surface area contributed by atoms with Crippen LogP contribution in [-0.2, 0) is 20.0 Å². The van der Waals surface area contributed by atoms with Crippen molar-refractivity contribution in [3.8, 4) is 0 Å². The van der Waals surface area contributed by atoms with Crippen molar-refractivity contribution in [2.24, 2.45) is 0 Å². The molecule has 0 amide bonds. The lowest BCUT2D eigenvalue weighted by Crippen LogP contribution is -2.15. The van der Waals surface area contributed by atoms with E-state index in [4.69, 9.17) is 9.05 Å². The van der Waals surface area contributed by atoms with Gasteiger partial charge in [-0.25, -0.2) is 26.3 Å². The highest BCUT2D eigenvalue weighted by Gasteiger charge is 2.25. The van der Waals surface area contributed by atoms with Crippen LogP contribution < -0.4 is 9.44 Å². The van der Waals surface area contributed by atoms with Gasteiger partial charge >= 0.3 is 0 Å². The number of hydrogen-bond acceptors (Lipinski definition) is 8. The number of rotatable bonds is 6. The van der Waals surface area contributed by atoms with E-state index in [1.54, 1.807) is 41.5 Å². The number of hydrogen-bond donors (Lipinski definition) is 2. The van der Waals surface area contributed by atoms with Crippen LogP contribution in [0.25, 0.3) is 0 Å². The molecule has 2 aromatic heterocycles. The monoisotopic (exact) mass is 716 g/mol. The zero-order valence-corrected chi connectivity index (χ0v) is 28.0. The van der Waals surface area contributed by atoms with E-state index in [9.17, 15) is 16.8 Å². The van der Waals surface area contributed by atoms with E-state index in [0.29, 0.717) is 42.6 Å². The van der Waals surface area contributed by atoms with E-state index < -0.39 is 20.0 Å². The minimum absolute atomic E-state index is 0.0851. The molecule has 0 unspecified atom stereocenters. The summed E-state index contributed by atoms with van der Waals surface area (Å²) in [7, 11) is -7.43. The highest BCUT2D eigenvalue weighted by Crippen LogP contribution is 2.31. The molecule has 40 heavy (non-hydrogen) atoms. The van der Waals surface area contributed by atoms with Crippen LogP contribution in [0.15, 0.2) is 52.0 Å². The van der Waals surface area contributed by atoms with Gasteiger partial charge in [-0.2, -0.15) is 0 Å². The van der Waals surface area contributed by atoms with Crippen LogP contribution in [0, 0.1) is 55.4 Å². The van der Waals surface area contributed by atoms with Gasteiger partial charge in [-0.15, -0.1) is 0 Å². The molecule has 2 heterocycles. The first-order chi connectivity index (χ1) is 18.4. The number of benzene rings is 2. The number of aromatic nitrogens is 2. The van der Waals surface area contributed by atoms with Crippen LogP contribution in [0.3, 0.4) is 0 Å². The third-order valence-corrected chi connectivity index (χ3v) is 10.9. The Kier molecular flexibility index (Phi) is 9.59. The van der Waals surface area contributed by atoms with E-state index in [-0.39, 0.29) is 21.6 Å². The fourth-order valence-corrected chi connectivity index (χ4v) is 8.02. The van der Waals surface area contributed by atoms with Crippen molar-refractivity contribution in [1.82, 2.24) is 10.3 Å². The van der Waals surface area contributed by atoms with E-state index in [1.807, 2.05) is 38.1 Å². The van der Waals surface area contributed by atoms with Crippen molar-refractivity contribution < 1.29 is 25.9 Å². The molecule has 0 radical (unpaired) electrons. The SMILES string of the molecule is Cc1cc(C)c(S(=O)(=O)Nc2onc(C)c2Br)c(C)c1.Cc1cc(C)c(S(=O)(=O)Nc2onc(C)c2Br)c(C)c1. The number of halogens is 2. The second kappa shape index (κ2) is 12.0. The van der Waals surface area contributed by atoms with Gasteiger partial charge in [0.15, 0.2) is 0 Å². The zero-order valence-electron chi connectivity index (χ0n) is 23.2. The van der Waals surface area contributed by atoms with Crippen LogP contribution in [0.4, 0.5) is 11.8 Å². The third kappa shape index (κ3) is 6.96. The van der Waals surface area contributed by atoms with Crippen LogP contribution in [0.2, 0.25) is 0 Å². The summed E-state index contributed by atoms with van der Waals surface area (Å²) < 4.78 is 65.8. The minimum atomic E-state index is -3.71. The summed E-state index contributed by atoms with van der Waals surface area (Å²) in [6.07, 6.45) is 0. The van der Waals surface area contributed by atoms with Gasteiger partial charge < -0.3 is 9.05 Å². The summed E-state index contributed by atoms with van der Waals surface area (Å²) in [6, 6.07) is 7.34. The second-order valence-corrected chi connectivity index (χ2v) is 14.3. The Bertz CT molecular complexity index is 1620. The summed E-state index contributed by atoms with van der Waals surface area (Å²) >= 11 is 6.48. The van der Waals surface area contributed by atoms with Gasteiger partial charge in [0.2, 0.25) is 0 Å². The fraction of sp³-hybridized carbons (Fsp3) is 0.308. The Hall–Kier alpha value is -2.68. The van der Waals surface area contributed by atoms with Gasteiger partial charge in [0.1, 0.15) is 8.95 Å². The summed E-state index contributed by atoms with van der Waals surface area (Å²) in [5, 5.41) is 7.41. The average Bonchev–Trinajstić information content (AvgIpc) is 3.27. The van der Waals surface area contributed by atoms with Crippen LogP contribution >= 0.6 is 31.9 Å². The molecule has 0 aliphatic heterocycles. The smallest absolute Gasteiger partial charge is 0.264 e. The van der Waals surface area contributed by atoms with Crippen LogP contribution in [-0.4, -0.2) is 27.1 Å². The van der Waals surface area contributed by atoms with Gasteiger partial charge in [-0.05, 0) is 110 Å². The molecule has 0 atom stereocenters. The topological polar surface area (TPSA) is 144 Å². The Morgan fingerprint density at radius 3 is 1.07 bits per heavy atom. The van der Waals surface area contributed by atoms with Crippen molar-refractivity contribution in [3.05, 3.63) is 78.0 Å². The minimum Gasteiger partial charge on any atom is -0.336 e. The molecule has 0 bridgehead atoms. The fourth-order valence-electron chi connectivity index (χ4n) is 4.37. The number of anilines is 2. The Morgan fingerprint density at radius 1 is 0.575 bits per heavy atom. The first-order valence-electron chi connectivity index (χ1n) is 11.9. The first-order valence-corrected chi connectivity index (χ1v) is 16.4. The van der Waals surface area contributed by atoms with E-state index in [0.717, 1.165) is 11.1 Å². The lowest BCUT2D eigenvalue weighted by molar-refractivity contribution is 0.430. The van der Waals surface area contributed by atoms with Crippen molar-refractivity contribution in [2.45, 2.75) is 65.2 Å². The molecule has 0 saturated carbocycles. The van der Waals surface area contributed by atoms with Gasteiger partial charge in [-0.1, -0.05) is 45.7 Å². The first kappa shape index (κ1) is 31.8. The lowest BCUT2D eigenvalue weighted by atomic mass is 10.1. The third-order valence-electron chi connectivity index (χ3n) is 5.78. The number of sulfonamides is 2. The zero-order chi connectivity index (χ0) is 30.2. The predicted molar refractivity (Wildman–Crippen MR) is 161 cm³/mol. The van der Waals surface area contributed by atoms with Gasteiger partial charge in [-0.3, -0.25) is 0 Å². The van der Waals surface area contributed by atoms with E-state index in [1.165, 1.54) is 0 Å². The largest absolute Gasteiger partial charge is 0.336 e. The maximum atomic E-state index is 12.5. The van der Waals surface area contributed by atoms with Crippen molar-refractivity contribution >= 4 is 63.7 Å². The molecule has 0 fully saturated rings. The molecule has 4 rings (SSSR count). The molecule has 2 N–H and O–H groups in total. The molecule has 216 valence electrons. The van der Waals surface area contributed by atoms with Gasteiger partial charge in [0.05, 0.1) is 21.2 Å². The maximum absolute atomic E-state index is 12.5. The summed E-state index contributed by atoms with van der Waals surface area (Å²) in [5.41, 5.74) is 6.00. The molecule has 14 heteroatoms. The average molecular weight is 718 g/mol. The molecule has 0 aliphatic carbocycles. The molecule has 4 aromatic rings. The summed E-state index contributed by atoms with van der Waals surface area (Å²) in [5.74, 6) is 0.170. The van der Waals surface area contributed by atoms with Crippen molar-refractivity contribution in [2.75, 3.05) is 9.44 Å². The normalized spacial score (nSPS) is 11.7. The predicted octanol–water partition coefficient (Wildman–Crippen LogP) is 6.94. The van der Waals surface area contributed by atoms with E-state index >= 15 is 0 Å². The van der Waals surface area contributed by atoms with E-state index in [2.05, 4.69) is 51.6 Å². The molecular weight excluding hydrogens is 688 g/mol. The Balaban J connectivity index is 0.000000220. The number of nitrogens with one attached hydrogen (secondary N) is 2. The van der Waals surface area contributed by atoms with Gasteiger partial charge in [0.25, 0.3) is 31.8 Å². The summed E-state index contributed by atoms with van der Waals surface area (Å²) in [6.45, 7) is 14.4. The molecular formula is C26H30Br2N4O6S2. The van der Waals surface area contributed by atoms with Crippen molar-refractivity contribution in [3.63, 3.8) is 0 Å². The standard InChI is InChI=1S/2C13H15BrN2O3S/c2*1-7-5-8(2)12(9(3)6-7)20(17,18)16-13-11(14)10(4)15-19-13/h2*5-6,16H,1-4H3. The Labute approximate surface area is 251 Å². The van der Waals surface area contributed by atoms with Crippen LogP contribution in [0.1, 0.15) is 44.8 Å². The molecule has 0 aliphatic rings. The van der Waals surface area contributed by atoms with Crippen LogP contribution in [0.5, 0.6) is 0 Å². The second-order valence-electron chi connectivity index (χ2n) is 9.49. The lowest BCUT2D eigenvalue weighted by Gasteiger charge is -2.12. The molecule has 0 spiro atoms. The molecule has 10 nitrogen and oxygen atoms in total. The quantitative estimate of drug-likeness (QED) is 0.218. The Morgan fingerprint density at radius 2 is 0.850 bits per heavy atom. The highest BCUT2D eigenvalue weighted by molar-refractivity contribution is 9.11. The van der Waals surface area contributed by atoms with Crippen molar-refractivity contribution in [1.29, 1.82) is 0 Å². The number of aryl methyl sites for hydroxylation is 8.